The summed E-state index contributed by atoms with van der Waals surface area (Å²) < 4.78 is 6.50. The van der Waals surface area contributed by atoms with Crippen molar-refractivity contribution in [2.24, 2.45) is 5.92 Å². The molecule has 2 saturated heterocycles. The Kier molecular flexibility index (Phi) is 6.42. The standard InChI is InChI=1S/C23H27N5O3S2/c1-15-24-19-10-18(3-4-20(19)33-15)28-11-16(9-22(28)29)23(30)26(2)12-17-14-32-21(25-17)13-27-5-7-31-8-6-27/h3-4,10,14,16H,5-9,11-13H2,1-2H3. The van der Waals surface area contributed by atoms with E-state index in [4.69, 9.17) is 9.72 Å². The van der Waals surface area contributed by atoms with Gasteiger partial charge in [0.1, 0.15) is 5.01 Å². The highest BCUT2D eigenvalue weighted by Gasteiger charge is 2.36. The third-order valence-corrected chi connectivity index (χ3v) is 7.94. The maximum Gasteiger partial charge on any atom is 0.228 e. The van der Waals surface area contributed by atoms with Gasteiger partial charge in [-0.3, -0.25) is 14.5 Å². The summed E-state index contributed by atoms with van der Waals surface area (Å²) in [6.07, 6.45) is 0.233. The molecule has 4 heterocycles. The molecule has 5 rings (SSSR count). The van der Waals surface area contributed by atoms with Crippen molar-refractivity contribution in [2.75, 3.05) is 44.8 Å². The second kappa shape index (κ2) is 9.46. The van der Waals surface area contributed by atoms with Crippen molar-refractivity contribution < 1.29 is 14.3 Å². The van der Waals surface area contributed by atoms with Crippen molar-refractivity contribution in [2.45, 2.75) is 26.4 Å². The molecule has 0 radical (unpaired) electrons. The number of benzene rings is 1. The first-order valence-corrected chi connectivity index (χ1v) is 12.8. The lowest BCUT2D eigenvalue weighted by molar-refractivity contribution is -0.135. The summed E-state index contributed by atoms with van der Waals surface area (Å²) in [7, 11) is 1.79. The summed E-state index contributed by atoms with van der Waals surface area (Å²) in [6.45, 7) is 7.03. The van der Waals surface area contributed by atoms with Crippen LogP contribution in [-0.4, -0.2) is 71.5 Å². The number of carbonyl (C=O) groups excluding carboxylic acids is 2. The lowest BCUT2D eigenvalue weighted by atomic mass is 10.1. The smallest absolute Gasteiger partial charge is 0.228 e. The molecule has 0 N–H and O–H groups in total. The Balaban J connectivity index is 1.20. The summed E-state index contributed by atoms with van der Waals surface area (Å²) >= 11 is 3.27. The van der Waals surface area contributed by atoms with E-state index in [1.807, 2.05) is 30.5 Å². The lowest BCUT2D eigenvalue weighted by Crippen LogP contribution is -2.35. The largest absolute Gasteiger partial charge is 0.379 e. The fourth-order valence-electron chi connectivity index (χ4n) is 4.40. The molecule has 1 unspecified atom stereocenters. The van der Waals surface area contributed by atoms with Crippen molar-refractivity contribution in [3.05, 3.63) is 39.3 Å². The van der Waals surface area contributed by atoms with E-state index >= 15 is 0 Å². The molecule has 174 valence electrons. The summed E-state index contributed by atoms with van der Waals surface area (Å²) in [5, 5.41) is 4.08. The Labute approximate surface area is 200 Å². The van der Waals surface area contributed by atoms with Crippen molar-refractivity contribution in [3.8, 4) is 0 Å². The van der Waals surface area contributed by atoms with Crippen LogP contribution in [0.1, 0.15) is 22.1 Å². The van der Waals surface area contributed by atoms with Crippen LogP contribution >= 0.6 is 22.7 Å². The van der Waals surface area contributed by atoms with Crippen LogP contribution in [0.2, 0.25) is 0 Å². The van der Waals surface area contributed by atoms with Gasteiger partial charge >= 0.3 is 0 Å². The summed E-state index contributed by atoms with van der Waals surface area (Å²) in [5.74, 6) is -0.379. The zero-order valence-corrected chi connectivity index (χ0v) is 20.5. The van der Waals surface area contributed by atoms with Crippen LogP contribution in [0, 0.1) is 12.8 Å². The molecule has 10 heteroatoms. The molecule has 2 aliphatic heterocycles. The molecule has 2 amide bonds. The first kappa shape index (κ1) is 22.4. The van der Waals surface area contributed by atoms with Crippen molar-refractivity contribution >= 4 is 50.4 Å². The predicted octanol–water partition coefficient (Wildman–Crippen LogP) is 2.90. The number of hydrogen-bond donors (Lipinski definition) is 0. The molecule has 33 heavy (non-hydrogen) atoms. The Bertz CT molecular complexity index is 1170. The number of aromatic nitrogens is 2. The van der Waals surface area contributed by atoms with Crippen molar-refractivity contribution in [3.63, 3.8) is 0 Å². The van der Waals surface area contributed by atoms with Crippen LogP contribution in [-0.2, 0) is 27.4 Å². The van der Waals surface area contributed by atoms with E-state index in [1.165, 1.54) is 0 Å². The highest BCUT2D eigenvalue weighted by molar-refractivity contribution is 7.18. The zero-order valence-electron chi connectivity index (χ0n) is 18.8. The van der Waals surface area contributed by atoms with E-state index in [-0.39, 0.29) is 24.2 Å². The second-order valence-electron chi connectivity index (χ2n) is 8.61. The summed E-state index contributed by atoms with van der Waals surface area (Å²) in [6, 6.07) is 5.89. The molecule has 1 aromatic carbocycles. The van der Waals surface area contributed by atoms with Gasteiger partial charge in [-0.25, -0.2) is 9.97 Å². The SMILES string of the molecule is Cc1nc2cc(N3CC(C(=O)N(C)Cc4csc(CN5CCOCC5)n4)CC3=O)ccc2s1. The monoisotopic (exact) mass is 485 g/mol. The molecular formula is C23H27N5O3S2. The fraction of sp³-hybridized carbons (Fsp3) is 0.478. The van der Waals surface area contributed by atoms with Crippen LogP contribution in [0.25, 0.3) is 10.2 Å². The predicted molar refractivity (Wildman–Crippen MR) is 130 cm³/mol. The number of ether oxygens (including phenoxy) is 1. The van der Waals surface area contributed by atoms with E-state index in [9.17, 15) is 9.59 Å². The van der Waals surface area contributed by atoms with E-state index in [2.05, 4.69) is 9.88 Å². The van der Waals surface area contributed by atoms with Gasteiger partial charge in [0.15, 0.2) is 0 Å². The normalized spacial score (nSPS) is 19.5. The number of morpholine rings is 1. The molecule has 0 saturated carbocycles. The molecule has 1 atom stereocenters. The highest BCUT2D eigenvalue weighted by atomic mass is 32.1. The molecule has 2 aliphatic rings. The maximum absolute atomic E-state index is 13.1. The third kappa shape index (κ3) is 4.93. The number of fused-ring (bicyclic) bond motifs is 1. The van der Waals surface area contributed by atoms with E-state index < -0.39 is 0 Å². The number of nitrogens with zero attached hydrogens (tertiary/aromatic N) is 5. The molecule has 0 aliphatic carbocycles. The molecule has 0 spiro atoms. The maximum atomic E-state index is 13.1. The van der Waals surface area contributed by atoms with E-state index in [1.54, 1.807) is 39.5 Å². The molecule has 0 bridgehead atoms. The molecule has 2 aromatic heterocycles. The number of aryl methyl sites for hydroxylation is 1. The van der Waals surface area contributed by atoms with Gasteiger partial charge in [0.05, 0.1) is 53.1 Å². The molecular weight excluding hydrogens is 458 g/mol. The van der Waals surface area contributed by atoms with E-state index in [0.717, 1.165) is 64.5 Å². The number of carbonyl (C=O) groups is 2. The summed E-state index contributed by atoms with van der Waals surface area (Å²) in [5.41, 5.74) is 2.60. The first-order chi connectivity index (χ1) is 16.0. The van der Waals surface area contributed by atoms with Gasteiger partial charge in [0.2, 0.25) is 11.8 Å². The van der Waals surface area contributed by atoms with Crippen molar-refractivity contribution in [1.82, 2.24) is 19.8 Å². The van der Waals surface area contributed by atoms with Crippen LogP contribution < -0.4 is 4.90 Å². The number of thiazole rings is 2. The Hall–Kier alpha value is -2.40. The zero-order chi connectivity index (χ0) is 22.9. The van der Waals surface area contributed by atoms with Crippen LogP contribution in [0.3, 0.4) is 0 Å². The van der Waals surface area contributed by atoms with Gasteiger partial charge in [-0.05, 0) is 25.1 Å². The Morgan fingerprint density at radius 3 is 2.91 bits per heavy atom. The van der Waals surface area contributed by atoms with Gasteiger partial charge < -0.3 is 14.5 Å². The van der Waals surface area contributed by atoms with Crippen LogP contribution in [0.15, 0.2) is 23.6 Å². The Morgan fingerprint density at radius 1 is 1.27 bits per heavy atom. The Morgan fingerprint density at radius 2 is 2.09 bits per heavy atom. The topological polar surface area (TPSA) is 78.9 Å². The fourth-order valence-corrected chi connectivity index (χ4v) is 6.03. The molecule has 3 aromatic rings. The summed E-state index contributed by atoms with van der Waals surface area (Å²) in [4.78, 5) is 40.8. The van der Waals surface area contributed by atoms with Gasteiger partial charge in [-0.1, -0.05) is 0 Å². The average molecular weight is 486 g/mol. The van der Waals surface area contributed by atoms with Crippen molar-refractivity contribution in [1.29, 1.82) is 0 Å². The minimum Gasteiger partial charge on any atom is -0.379 e. The number of amides is 2. The van der Waals surface area contributed by atoms with Gasteiger partial charge in [-0.2, -0.15) is 0 Å². The lowest BCUT2D eigenvalue weighted by Gasteiger charge is -2.25. The van der Waals surface area contributed by atoms with Gasteiger partial charge in [0.25, 0.3) is 0 Å². The molecule has 8 nitrogen and oxygen atoms in total. The highest BCUT2D eigenvalue weighted by Crippen LogP contribution is 2.31. The number of anilines is 1. The minimum atomic E-state index is -0.346. The quantitative estimate of drug-likeness (QED) is 0.534. The van der Waals surface area contributed by atoms with E-state index in [0.29, 0.717) is 13.1 Å². The molecule has 2 fully saturated rings. The third-order valence-electron chi connectivity index (χ3n) is 6.10. The van der Waals surface area contributed by atoms with Gasteiger partial charge in [-0.15, -0.1) is 22.7 Å². The van der Waals surface area contributed by atoms with Crippen LogP contribution in [0.5, 0.6) is 0 Å². The average Bonchev–Trinajstić information content (AvgIpc) is 3.51. The number of rotatable bonds is 6. The first-order valence-electron chi connectivity index (χ1n) is 11.1. The second-order valence-corrected chi connectivity index (χ2v) is 10.8. The number of hydrogen-bond acceptors (Lipinski definition) is 8. The van der Waals surface area contributed by atoms with Gasteiger partial charge in [0, 0.05) is 44.2 Å². The van der Waals surface area contributed by atoms with Crippen LogP contribution in [0.4, 0.5) is 5.69 Å². The minimum absolute atomic E-state index is 0.0147.